The summed E-state index contributed by atoms with van der Waals surface area (Å²) in [5, 5.41) is 6.45. The maximum Gasteiger partial charge on any atom is 0.263 e. The van der Waals surface area contributed by atoms with Gasteiger partial charge in [0.05, 0.1) is 12.2 Å². The Morgan fingerprint density at radius 1 is 1.38 bits per heavy atom. The first kappa shape index (κ1) is 17.5. The first-order valence-corrected chi connectivity index (χ1v) is 7.54. The fourth-order valence-corrected chi connectivity index (χ4v) is 1.99. The van der Waals surface area contributed by atoms with Crippen LogP contribution in [-0.4, -0.2) is 40.5 Å². The van der Waals surface area contributed by atoms with E-state index in [1.54, 1.807) is 26.2 Å². The Kier molecular flexibility index (Phi) is 5.51. The van der Waals surface area contributed by atoms with Gasteiger partial charge < -0.3 is 19.3 Å². The lowest BCUT2D eigenvalue weighted by Gasteiger charge is -2.12. The summed E-state index contributed by atoms with van der Waals surface area (Å²) in [7, 11) is 3.21. The van der Waals surface area contributed by atoms with Crippen molar-refractivity contribution in [3.63, 3.8) is 0 Å². The molecule has 2 aromatic heterocycles. The Balaban J connectivity index is 2.09. The lowest BCUT2D eigenvalue weighted by Crippen LogP contribution is -2.36. The van der Waals surface area contributed by atoms with E-state index in [4.69, 9.17) is 4.52 Å². The van der Waals surface area contributed by atoms with Crippen molar-refractivity contribution in [2.45, 2.75) is 26.4 Å². The summed E-state index contributed by atoms with van der Waals surface area (Å²) in [6, 6.07) is 4.73. The van der Waals surface area contributed by atoms with Crippen molar-refractivity contribution >= 4 is 11.8 Å². The Labute approximate surface area is 139 Å². The van der Waals surface area contributed by atoms with Crippen molar-refractivity contribution < 1.29 is 14.1 Å². The molecule has 0 saturated carbocycles. The van der Waals surface area contributed by atoms with Gasteiger partial charge in [0, 0.05) is 26.4 Å². The van der Waals surface area contributed by atoms with Crippen LogP contribution in [0.3, 0.4) is 0 Å². The number of nitrogens with one attached hydrogen (secondary N) is 1. The summed E-state index contributed by atoms with van der Waals surface area (Å²) in [6.07, 6.45) is 2.21. The molecule has 0 aliphatic carbocycles. The minimum Gasteiger partial charge on any atom is -0.359 e. The van der Waals surface area contributed by atoms with Crippen molar-refractivity contribution in [3.05, 3.63) is 51.8 Å². The zero-order valence-electron chi connectivity index (χ0n) is 13.9. The summed E-state index contributed by atoms with van der Waals surface area (Å²) in [4.78, 5) is 37.6. The number of aryl methyl sites for hydroxylation is 1. The molecule has 24 heavy (non-hydrogen) atoms. The van der Waals surface area contributed by atoms with E-state index in [-0.39, 0.29) is 24.6 Å². The molecule has 0 aliphatic rings. The van der Waals surface area contributed by atoms with Crippen LogP contribution < -0.4 is 10.9 Å². The highest BCUT2D eigenvalue weighted by Crippen LogP contribution is 2.04. The van der Waals surface area contributed by atoms with Crippen LogP contribution in [0.15, 0.2) is 33.7 Å². The molecule has 0 radical (unpaired) electrons. The third-order valence-electron chi connectivity index (χ3n) is 3.46. The van der Waals surface area contributed by atoms with Crippen LogP contribution in [0.5, 0.6) is 0 Å². The second kappa shape index (κ2) is 7.58. The minimum atomic E-state index is -0.527. The molecule has 2 aromatic rings. The number of carbonyl (C=O) groups is 2. The molecule has 128 valence electrons. The Hall–Kier alpha value is -2.90. The van der Waals surface area contributed by atoms with Gasteiger partial charge in [-0.2, -0.15) is 0 Å². The van der Waals surface area contributed by atoms with E-state index in [2.05, 4.69) is 10.5 Å². The predicted molar refractivity (Wildman–Crippen MR) is 86.4 cm³/mol. The van der Waals surface area contributed by atoms with Gasteiger partial charge in [-0.3, -0.25) is 14.4 Å². The van der Waals surface area contributed by atoms with Crippen molar-refractivity contribution in [3.8, 4) is 0 Å². The maximum atomic E-state index is 12.3. The zero-order chi connectivity index (χ0) is 17.7. The number of hydrogen-bond acceptors (Lipinski definition) is 5. The van der Waals surface area contributed by atoms with E-state index in [9.17, 15) is 14.4 Å². The van der Waals surface area contributed by atoms with Crippen molar-refractivity contribution in [2.24, 2.45) is 0 Å². The van der Waals surface area contributed by atoms with Crippen LogP contribution in [0, 0.1) is 0 Å². The molecule has 2 amide bonds. The van der Waals surface area contributed by atoms with Crippen molar-refractivity contribution in [1.29, 1.82) is 0 Å². The van der Waals surface area contributed by atoms with Gasteiger partial charge in [0.15, 0.2) is 5.76 Å². The second-order valence-electron chi connectivity index (χ2n) is 5.46. The summed E-state index contributed by atoms with van der Waals surface area (Å²) < 4.78 is 6.29. The average Bonchev–Trinajstić information content (AvgIpc) is 3.02. The van der Waals surface area contributed by atoms with Crippen LogP contribution >= 0.6 is 0 Å². The molecule has 0 spiro atoms. The van der Waals surface area contributed by atoms with Gasteiger partial charge in [-0.05, 0) is 18.6 Å². The standard InChI is InChI=1S/C16H20N4O4/c1-4-11-8-12(24-18-11)9-17-15(22)13-6-5-7-20(16(13)23)10-14(21)19(2)3/h5-8H,4,9-10H2,1-3H3,(H,17,22). The van der Waals surface area contributed by atoms with Gasteiger partial charge in [-0.15, -0.1) is 0 Å². The normalized spacial score (nSPS) is 10.5. The number of rotatable bonds is 6. The highest BCUT2D eigenvalue weighted by Gasteiger charge is 2.15. The molecule has 8 nitrogen and oxygen atoms in total. The van der Waals surface area contributed by atoms with Gasteiger partial charge in [-0.1, -0.05) is 12.1 Å². The fraction of sp³-hybridized carbons (Fsp3) is 0.375. The smallest absolute Gasteiger partial charge is 0.263 e. The third-order valence-corrected chi connectivity index (χ3v) is 3.46. The lowest BCUT2D eigenvalue weighted by atomic mass is 10.2. The van der Waals surface area contributed by atoms with Gasteiger partial charge in [0.1, 0.15) is 12.1 Å². The Bertz CT molecular complexity index is 791. The third kappa shape index (κ3) is 4.09. The van der Waals surface area contributed by atoms with Crippen LogP contribution in [0.4, 0.5) is 0 Å². The van der Waals surface area contributed by atoms with Crippen LogP contribution in [-0.2, 0) is 24.3 Å². The van der Waals surface area contributed by atoms with Gasteiger partial charge in [0.25, 0.3) is 11.5 Å². The monoisotopic (exact) mass is 332 g/mol. The SMILES string of the molecule is CCc1cc(CNC(=O)c2cccn(CC(=O)N(C)C)c2=O)on1. The van der Waals surface area contributed by atoms with Crippen LogP contribution in [0.1, 0.15) is 28.7 Å². The first-order chi connectivity index (χ1) is 11.4. The molecular weight excluding hydrogens is 312 g/mol. The molecule has 0 aliphatic heterocycles. The molecule has 0 bridgehead atoms. The van der Waals surface area contributed by atoms with Crippen molar-refractivity contribution in [1.82, 2.24) is 19.9 Å². The second-order valence-corrected chi connectivity index (χ2v) is 5.46. The molecule has 0 aromatic carbocycles. The van der Waals surface area contributed by atoms with Crippen molar-refractivity contribution in [2.75, 3.05) is 14.1 Å². The van der Waals surface area contributed by atoms with Crippen LogP contribution in [0.2, 0.25) is 0 Å². The number of nitrogens with zero attached hydrogens (tertiary/aromatic N) is 3. The molecule has 2 heterocycles. The van der Waals surface area contributed by atoms with E-state index in [1.165, 1.54) is 21.7 Å². The zero-order valence-corrected chi connectivity index (χ0v) is 13.9. The lowest BCUT2D eigenvalue weighted by molar-refractivity contribution is -0.129. The maximum absolute atomic E-state index is 12.3. The number of aromatic nitrogens is 2. The number of amides is 2. The van der Waals surface area contributed by atoms with E-state index >= 15 is 0 Å². The summed E-state index contributed by atoms with van der Waals surface area (Å²) in [5.74, 6) is -0.247. The molecule has 0 unspecified atom stereocenters. The van der Waals surface area contributed by atoms with Gasteiger partial charge >= 0.3 is 0 Å². The largest absolute Gasteiger partial charge is 0.359 e. The average molecular weight is 332 g/mol. The number of likely N-dealkylation sites (N-methyl/N-ethyl adjacent to an activating group) is 1. The van der Waals surface area contributed by atoms with E-state index in [0.29, 0.717) is 5.76 Å². The Morgan fingerprint density at radius 3 is 2.75 bits per heavy atom. The Morgan fingerprint density at radius 2 is 2.12 bits per heavy atom. The molecule has 1 N–H and O–H groups in total. The highest BCUT2D eigenvalue weighted by atomic mass is 16.5. The number of pyridine rings is 1. The quantitative estimate of drug-likeness (QED) is 0.827. The van der Waals surface area contributed by atoms with Gasteiger partial charge in [-0.25, -0.2) is 0 Å². The molecule has 8 heteroatoms. The summed E-state index contributed by atoms with van der Waals surface area (Å²) >= 11 is 0. The molecule has 0 fully saturated rings. The molecule has 0 saturated heterocycles. The predicted octanol–water partition coefficient (Wildman–Crippen LogP) is 0.417. The molecular formula is C16H20N4O4. The molecule has 0 atom stereocenters. The summed E-state index contributed by atoms with van der Waals surface area (Å²) in [5.41, 5.74) is 0.250. The topological polar surface area (TPSA) is 97.4 Å². The number of carbonyl (C=O) groups excluding carboxylic acids is 2. The van der Waals surface area contributed by atoms with E-state index in [1.807, 2.05) is 6.92 Å². The van der Waals surface area contributed by atoms with Crippen LogP contribution in [0.25, 0.3) is 0 Å². The highest BCUT2D eigenvalue weighted by molar-refractivity contribution is 5.93. The van der Waals surface area contributed by atoms with E-state index in [0.717, 1.165) is 12.1 Å². The summed E-state index contributed by atoms with van der Waals surface area (Å²) in [6.45, 7) is 1.97. The fourth-order valence-electron chi connectivity index (χ4n) is 1.99. The first-order valence-electron chi connectivity index (χ1n) is 7.54. The van der Waals surface area contributed by atoms with E-state index < -0.39 is 11.5 Å². The number of hydrogen-bond donors (Lipinski definition) is 1. The molecule has 2 rings (SSSR count). The minimum absolute atomic E-state index is 0.0284. The van der Waals surface area contributed by atoms with Gasteiger partial charge in [0.2, 0.25) is 5.91 Å².